The number of aryl methyl sites for hydroxylation is 2. The predicted molar refractivity (Wildman–Crippen MR) is 88.0 cm³/mol. The van der Waals surface area contributed by atoms with Crippen molar-refractivity contribution in [3.8, 4) is 0 Å². The van der Waals surface area contributed by atoms with Gasteiger partial charge in [0.25, 0.3) is 0 Å². The van der Waals surface area contributed by atoms with Gasteiger partial charge in [0, 0.05) is 24.5 Å². The van der Waals surface area contributed by atoms with Crippen LogP contribution in [-0.4, -0.2) is 42.7 Å². The molecule has 1 aromatic carbocycles. The fourth-order valence-corrected chi connectivity index (χ4v) is 3.20. The third-order valence-electron chi connectivity index (χ3n) is 3.37. The highest BCUT2D eigenvalue weighted by molar-refractivity contribution is 8.00. The molecule has 20 heavy (non-hydrogen) atoms. The van der Waals surface area contributed by atoms with E-state index in [0.29, 0.717) is 5.75 Å². The van der Waals surface area contributed by atoms with Gasteiger partial charge in [-0.2, -0.15) is 0 Å². The summed E-state index contributed by atoms with van der Waals surface area (Å²) in [5.41, 5.74) is 2.53. The van der Waals surface area contributed by atoms with Gasteiger partial charge in [0.15, 0.2) is 0 Å². The maximum absolute atomic E-state index is 12.2. The van der Waals surface area contributed by atoms with E-state index in [1.54, 1.807) is 11.8 Å². The number of thioether (sulfide) groups is 1. The molecule has 0 aromatic heterocycles. The lowest BCUT2D eigenvalue weighted by atomic mass is 10.2. The third-order valence-corrected chi connectivity index (χ3v) is 4.53. The lowest BCUT2D eigenvalue weighted by molar-refractivity contribution is -0.128. The minimum Gasteiger partial charge on any atom is -0.341 e. The molecular formula is C15H23ClN2OS. The first kappa shape index (κ1) is 17.3. The van der Waals surface area contributed by atoms with E-state index in [2.05, 4.69) is 37.4 Å². The first-order chi connectivity index (χ1) is 9.16. The van der Waals surface area contributed by atoms with Gasteiger partial charge in [-0.1, -0.05) is 17.7 Å². The molecule has 1 heterocycles. The van der Waals surface area contributed by atoms with Crippen molar-refractivity contribution in [3.05, 3.63) is 29.3 Å². The molecule has 0 spiro atoms. The third kappa shape index (κ3) is 5.00. The van der Waals surface area contributed by atoms with Crippen LogP contribution >= 0.6 is 24.2 Å². The van der Waals surface area contributed by atoms with Crippen molar-refractivity contribution < 1.29 is 4.79 Å². The first-order valence-electron chi connectivity index (χ1n) is 6.85. The van der Waals surface area contributed by atoms with Gasteiger partial charge in [-0.25, -0.2) is 0 Å². The van der Waals surface area contributed by atoms with E-state index in [4.69, 9.17) is 0 Å². The van der Waals surface area contributed by atoms with E-state index < -0.39 is 0 Å². The highest BCUT2D eigenvalue weighted by Gasteiger charge is 2.15. The number of carbonyl (C=O) groups is 1. The highest BCUT2D eigenvalue weighted by Crippen LogP contribution is 2.23. The van der Waals surface area contributed by atoms with Crippen molar-refractivity contribution in [1.29, 1.82) is 0 Å². The Bertz CT molecular complexity index is 445. The maximum atomic E-state index is 12.2. The SMILES string of the molecule is Cc1ccc(SCC(=O)N2CCCNCC2)c(C)c1.Cl. The number of halogens is 1. The van der Waals surface area contributed by atoms with Crippen molar-refractivity contribution >= 4 is 30.1 Å². The van der Waals surface area contributed by atoms with Crippen LogP contribution in [0.1, 0.15) is 17.5 Å². The molecular weight excluding hydrogens is 292 g/mol. The Morgan fingerprint density at radius 3 is 2.85 bits per heavy atom. The summed E-state index contributed by atoms with van der Waals surface area (Å²) >= 11 is 1.65. The van der Waals surface area contributed by atoms with Crippen molar-refractivity contribution in [1.82, 2.24) is 10.2 Å². The molecule has 0 aliphatic carbocycles. The van der Waals surface area contributed by atoms with E-state index in [1.165, 1.54) is 16.0 Å². The number of rotatable bonds is 3. The summed E-state index contributed by atoms with van der Waals surface area (Å²) in [7, 11) is 0. The summed E-state index contributed by atoms with van der Waals surface area (Å²) < 4.78 is 0. The fourth-order valence-electron chi connectivity index (χ4n) is 2.29. The molecule has 1 aliphatic rings. The number of amides is 1. The monoisotopic (exact) mass is 314 g/mol. The number of nitrogens with zero attached hydrogens (tertiary/aromatic N) is 1. The smallest absolute Gasteiger partial charge is 0.232 e. The van der Waals surface area contributed by atoms with Gasteiger partial charge in [-0.05, 0) is 38.4 Å². The van der Waals surface area contributed by atoms with Gasteiger partial charge in [0.1, 0.15) is 0 Å². The standard InChI is InChI=1S/C15H22N2OS.ClH/c1-12-4-5-14(13(2)10-12)19-11-15(18)17-8-3-6-16-7-9-17;/h4-5,10,16H,3,6-9,11H2,1-2H3;1H. The summed E-state index contributed by atoms with van der Waals surface area (Å²) in [6.45, 7) is 7.87. The van der Waals surface area contributed by atoms with E-state index >= 15 is 0 Å². The summed E-state index contributed by atoms with van der Waals surface area (Å²) in [5.74, 6) is 0.804. The van der Waals surface area contributed by atoms with Gasteiger partial charge in [0.05, 0.1) is 5.75 Å². The van der Waals surface area contributed by atoms with Crippen LogP contribution in [0.5, 0.6) is 0 Å². The second-order valence-corrected chi connectivity index (χ2v) is 6.06. The summed E-state index contributed by atoms with van der Waals surface area (Å²) in [4.78, 5) is 15.4. The van der Waals surface area contributed by atoms with Crippen LogP contribution in [0.2, 0.25) is 0 Å². The Morgan fingerprint density at radius 1 is 1.30 bits per heavy atom. The second kappa shape index (κ2) is 8.55. The Balaban J connectivity index is 0.00000200. The normalized spacial score (nSPS) is 15.4. The van der Waals surface area contributed by atoms with Crippen molar-refractivity contribution in [2.24, 2.45) is 0 Å². The second-order valence-electron chi connectivity index (χ2n) is 5.04. The van der Waals surface area contributed by atoms with Crippen LogP contribution in [0.25, 0.3) is 0 Å². The molecule has 112 valence electrons. The molecule has 0 bridgehead atoms. The summed E-state index contributed by atoms with van der Waals surface area (Å²) in [6.07, 6.45) is 1.06. The maximum Gasteiger partial charge on any atom is 0.232 e. The van der Waals surface area contributed by atoms with Gasteiger partial charge in [-0.3, -0.25) is 4.79 Å². The first-order valence-corrected chi connectivity index (χ1v) is 7.84. The van der Waals surface area contributed by atoms with Gasteiger partial charge < -0.3 is 10.2 Å². The zero-order valence-corrected chi connectivity index (χ0v) is 13.8. The molecule has 1 fully saturated rings. The van der Waals surface area contributed by atoms with Crippen LogP contribution < -0.4 is 5.32 Å². The Labute approximate surface area is 131 Å². The summed E-state index contributed by atoms with van der Waals surface area (Å²) in [5, 5.41) is 3.32. The minimum absolute atomic E-state index is 0. The average Bonchev–Trinajstić information content (AvgIpc) is 2.66. The predicted octanol–water partition coefficient (Wildman–Crippen LogP) is 2.64. The molecule has 0 atom stereocenters. The molecule has 0 radical (unpaired) electrons. The van der Waals surface area contributed by atoms with Gasteiger partial charge >= 0.3 is 0 Å². The van der Waals surface area contributed by atoms with Crippen LogP contribution in [0.3, 0.4) is 0 Å². The van der Waals surface area contributed by atoms with Crippen LogP contribution in [0, 0.1) is 13.8 Å². The van der Waals surface area contributed by atoms with Crippen LogP contribution in [0.15, 0.2) is 23.1 Å². The topological polar surface area (TPSA) is 32.3 Å². The highest BCUT2D eigenvalue weighted by atomic mass is 35.5. The Morgan fingerprint density at radius 2 is 2.10 bits per heavy atom. The molecule has 1 aliphatic heterocycles. The molecule has 0 unspecified atom stereocenters. The minimum atomic E-state index is 0. The molecule has 1 saturated heterocycles. The van der Waals surface area contributed by atoms with Crippen LogP contribution in [-0.2, 0) is 4.79 Å². The fraction of sp³-hybridized carbons (Fsp3) is 0.533. The van der Waals surface area contributed by atoms with Gasteiger partial charge in [0.2, 0.25) is 5.91 Å². The number of benzene rings is 1. The zero-order valence-electron chi connectivity index (χ0n) is 12.1. The number of hydrogen-bond acceptors (Lipinski definition) is 3. The van der Waals surface area contributed by atoms with Crippen LogP contribution in [0.4, 0.5) is 0 Å². The molecule has 1 N–H and O–H groups in total. The van der Waals surface area contributed by atoms with Crippen molar-refractivity contribution in [2.75, 3.05) is 31.9 Å². The van der Waals surface area contributed by atoms with E-state index in [-0.39, 0.29) is 18.3 Å². The molecule has 3 nitrogen and oxygen atoms in total. The Kier molecular flexibility index (Phi) is 7.41. The van der Waals surface area contributed by atoms with Crippen molar-refractivity contribution in [3.63, 3.8) is 0 Å². The summed E-state index contributed by atoms with van der Waals surface area (Å²) in [6, 6.07) is 6.39. The van der Waals surface area contributed by atoms with Crippen molar-refractivity contribution in [2.45, 2.75) is 25.2 Å². The number of hydrogen-bond donors (Lipinski definition) is 1. The van der Waals surface area contributed by atoms with E-state index in [1.807, 2.05) is 4.90 Å². The molecule has 0 saturated carbocycles. The lowest BCUT2D eigenvalue weighted by Crippen LogP contribution is -2.35. The van der Waals surface area contributed by atoms with Gasteiger partial charge in [-0.15, -0.1) is 24.2 Å². The zero-order chi connectivity index (χ0) is 13.7. The van der Waals surface area contributed by atoms with E-state index in [0.717, 1.165) is 32.6 Å². The van der Waals surface area contributed by atoms with E-state index in [9.17, 15) is 4.79 Å². The quantitative estimate of drug-likeness (QED) is 0.871. The number of nitrogens with one attached hydrogen (secondary N) is 1. The molecule has 1 amide bonds. The number of carbonyl (C=O) groups excluding carboxylic acids is 1. The molecule has 1 aromatic rings. The lowest BCUT2D eigenvalue weighted by Gasteiger charge is -2.19. The molecule has 2 rings (SSSR count). The Hall–Kier alpha value is -0.710. The average molecular weight is 315 g/mol. The largest absolute Gasteiger partial charge is 0.341 e. The molecule has 5 heteroatoms.